The van der Waals surface area contributed by atoms with E-state index in [4.69, 9.17) is 4.74 Å². The van der Waals surface area contributed by atoms with Crippen LogP contribution in [0.1, 0.15) is 6.42 Å². The van der Waals surface area contributed by atoms with Gasteiger partial charge in [-0.3, -0.25) is 9.13 Å². The summed E-state index contributed by atoms with van der Waals surface area (Å²) < 4.78 is 9.24. The summed E-state index contributed by atoms with van der Waals surface area (Å²) in [5.74, 6) is 0. The van der Waals surface area contributed by atoms with Gasteiger partial charge in [0, 0.05) is 40.9 Å². The van der Waals surface area contributed by atoms with E-state index in [1.807, 2.05) is 18.2 Å². The van der Waals surface area contributed by atoms with Gasteiger partial charge in [0.15, 0.2) is 0 Å². The molecule has 1 aromatic heterocycles. The van der Waals surface area contributed by atoms with Crippen LogP contribution in [0.15, 0.2) is 23.0 Å². The first kappa shape index (κ1) is 20.0. The fourth-order valence-electron chi connectivity index (χ4n) is 4.55. The first-order valence-corrected chi connectivity index (χ1v) is 13.9. The van der Waals surface area contributed by atoms with Crippen LogP contribution < -0.4 is 10.6 Å². The van der Waals surface area contributed by atoms with E-state index in [2.05, 4.69) is 24.5 Å². The Bertz CT molecular complexity index is 993. The number of aromatic nitrogens is 2. The molecular weight excluding hydrogens is 388 g/mol. The number of ether oxygens (including phenoxy) is 1. The molecule has 2 bridgehead atoms. The van der Waals surface area contributed by atoms with Crippen molar-refractivity contribution in [1.29, 1.82) is 0 Å². The van der Waals surface area contributed by atoms with Crippen LogP contribution in [0.2, 0.25) is 25.7 Å². The van der Waals surface area contributed by atoms with Gasteiger partial charge in [0.25, 0.3) is 0 Å². The van der Waals surface area contributed by atoms with Crippen LogP contribution in [-0.2, 0) is 18.5 Å². The first-order valence-electron chi connectivity index (χ1n) is 10.2. The predicted molar refractivity (Wildman–Crippen MR) is 116 cm³/mol. The molecule has 0 saturated carbocycles. The van der Waals surface area contributed by atoms with E-state index in [-0.39, 0.29) is 24.5 Å². The van der Waals surface area contributed by atoms with Gasteiger partial charge in [-0.25, -0.2) is 9.59 Å². The number of carboxylic acid groups (broad SMARTS) is 1. The largest absolute Gasteiger partial charge is 0.465 e. The van der Waals surface area contributed by atoms with Gasteiger partial charge in [-0.15, -0.1) is 0 Å². The molecule has 2 atom stereocenters. The maximum absolute atomic E-state index is 12.9. The second-order valence-electron chi connectivity index (χ2n) is 9.39. The number of anilines is 1. The highest BCUT2D eigenvalue weighted by Crippen LogP contribution is 2.37. The Balaban J connectivity index is 1.60. The monoisotopic (exact) mass is 418 g/mol. The van der Waals surface area contributed by atoms with Crippen molar-refractivity contribution < 1.29 is 14.6 Å². The minimum absolute atomic E-state index is 0.0248. The molecule has 1 amide bonds. The van der Waals surface area contributed by atoms with Crippen molar-refractivity contribution >= 4 is 30.9 Å². The highest BCUT2D eigenvalue weighted by atomic mass is 28.3. The van der Waals surface area contributed by atoms with Crippen molar-refractivity contribution in [2.24, 2.45) is 7.05 Å². The molecule has 1 aromatic carbocycles. The number of hydrogen-bond acceptors (Lipinski definition) is 4. The number of imidazole rings is 1. The molecule has 158 valence electrons. The first-order chi connectivity index (χ1) is 13.7. The summed E-state index contributed by atoms with van der Waals surface area (Å²) >= 11 is 0. The van der Waals surface area contributed by atoms with Crippen LogP contribution in [0.5, 0.6) is 0 Å². The van der Waals surface area contributed by atoms with Crippen LogP contribution in [0, 0.1) is 0 Å². The lowest BCUT2D eigenvalue weighted by Crippen LogP contribution is -2.48. The Morgan fingerprint density at radius 3 is 2.62 bits per heavy atom. The lowest BCUT2D eigenvalue weighted by molar-refractivity contribution is 0.0873. The average Bonchev–Trinajstić information content (AvgIpc) is 3.32. The molecule has 2 fully saturated rings. The Morgan fingerprint density at radius 2 is 2.00 bits per heavy atom. The normalized spacial score (nSPS) is 21.5. The molecule has 29 heavy (non-hydrogen) atoms. The fourth-order valence-corrected chi connectivity index (χ4v) is 5.30. The molecular formula is C20H30N4O4Si. The summed E-state index contributed by atoms with van der Waals surface area (Å²) in [5, 5.41) is 9.35. The summed E-state index contributed by atoms with van der Waals surface area (Å²) in [6.07, 6.45) is 0.00122. The lowest BCUT2D eigenvalue weighted by Gasteiger charge is -2.34. The molecule has 8 nitrogen and oxygen atoms in total. The SMILES string of the molecule is Cn1c(=O)n(COCC[Si](C)(C)C)c2cccc(N3C[C@H]4C[C@@H]3CN4C(=O)O)c21. The topological polar surface area (TPSA) is 79.9 Å². The van der Waals surface area contributed by atoms with E-state index in [9.17, 15) is 14.7 Å². The van der Waals surface area contributed by atoms with Crippen molar-refractivity contribution in [2.75, 3.05) is 24.6 Å². The third kappa shape index (κ3) is 3.57. The van der Waals surface area contributed by atoms with Crippen molar-refractivity contribution in [3.05, 3.63) is 28.7 Å². The van der Waals surface area contributed by atoms with Crippen molar-refractivity contribution in [3.8, 4) is 0 Å². The van der Waals surface area contributed by atoms with E-state index < -0.39 is 14.2 Å². The highest BCUT2D eigenvalue weighted by molar-refractivity contribution is 6.76. The lowest BCUT2D eigenvalue weighted by atomic mass is 10.2. The number of likely N-dealkylation sites (tertiary alicyclic amines) is 1. The van der Waals surface area contributed by atoms with Gasteiger partial charge < -0.3 is 19.6 Å². The van der Waals surface area contributed by atoms with Crippen LogP contribution in [0.4, 0.5) is 10.5 Å². The molecule has 0 aliphatic carbocycles. The minimum atomic E-state index is -1.18. The van der Waals surface area contributed by atoms with Crippen molar-refractivity contribution in [3.63, 3.8) is 0 Å². The third-order valence-corrected chi connectivity index (χ3v) is 7.85. The van der Waals surface area contributed by atoms with Gasteiger partial charge in [0.05, 0.1) is 22.8 Å². The Labute approximate surface area is 171 Å². The second-order valence-corrected chi connectivity index (χ2v) is 15.0. The number of benzene rings is 1. The number of para-hydroxylation sites is 1. The van der Waals surface area contributed by atoms with Gasteiger partial charge >= 0.3 is 11.8 Å². The standard InChI is InChI=1S/C20H30N4O4Si/c1-21-18-16(22-11-15-10-14(22)12-23(15)20(26)27)6-5-7-17(18)24(19(21)25)13-28-8-9-29(2,3)4/h5-7,14-15H,8-13H2,1-4H3,(H,26,27)/t14-,15-/m1/s1. The van der Waals surface area contributed by atoms with Crippen LogP contribution >= 0.6 is 0 Å². The smallest absolute Gasteiger partial charge is 0.407 e. The number of hydrogen-bond donors (Lipinski definition) is 1. The molecule has 2 saturated heterocycles. The zero-order chi connectivity index (χ0) is 20.9. The van der Waals surface area contributed by atoms with Crippen molar-refractivity contribution in [1.82, 2.24) is 14.0 Å². The van der Waals surface area contributed by atoms with Crippen LogP contribution in [0.25, 0.3) is 11.0 Å². The van der Waals surface area contributed by atoms with Gasteiger partial charge in [-0.05, 0) is 24.6 Å². The summed E-state index contributed by atoms with van der Waals surface area (Å²) in [4.78, 5) is 28.1. The summed E-state index contributed by atoms with van der Waals surface area (Å²) in [6, 6.07) is 7.21. The minimum Gasteiger partial charge on any atom is -0.465 e. The van der Waals surface area contributed by atoms with E-state index in [0.29, 0.717) is 19.7 Å². The van der Waals surface area contributed by atoms with Crippen LogP contribution in [0.3, 0.4) is 0 Å². The van der Waals surface area contributed by atoms with E-state index >= 15 is 0 Å². The number of aryl methyl sites for hydroxylation is 1. The number of amides is 1. The number of piperazine rings is 1. The second kappa shape index (κ2) is 7.21. The maximum Gasteiger partial charge on any atom is 0.407 e. The highest BCUT2D eigenvalue weighted by Gasteiger charge is 2.46. The Morgan fingerprint density at radius 1 is 1.24 bits per heavy atom. The van der Waals surface area contributed by atoms with Gasteiger partial charge in [-0.1, -0.05) is 25.7 Å². The zero-order valence-electron chi connectivity index (χ0n) is 17.6. The Hall–Kier alpha value is -2.26. The van der Waals surface area contributed by atoms with E-state index in [0.717, 1.165) is 29.2 Å². The van der Waals surface area contributed by atoms with Gasteiger partial charge in [0.2, 0.25) is 0 Å². The molecule has 2 aromatic rings. The average molecular weight is 419 g/mol. The summed E-state index contributed by atoms with van der Waals surface area (Å²) in [5.41, 5.74) is 2.67. The summed E-state index contributed by atoms with van der Waals surface area (Å²) in [7, 11) is 0.620. The number of rotatable bonds is 6. The van der Waals surface area contributed by atoms with Crippen molar-refractivity contribution in [2.45, 2.75) is 50.9 Å². The quantitative estimate of drug-likeness (QED) is 0.576. The molecule has 3 heterocycles. The molecule has 4 rings (SSSR count). The van der Waals surface area contributed by atoms with Gasteiger partial charge in [-0.2, -0.15) is 0 Å². The molecule has 0 radical (unpaired) electrons. The van der Waals surface area contributed by atoms with Crippen LogP contribution in [-0.4, -0.2) is 65.1 Å². The molecule has 0 unspecified atom stereocenters. The number of carbonyl (C=O) groups is 1. The third-order valence-electron chi connectivity index (χ3n) is 6.15. The molecule has 9 heteroatoms. The maximum atomic E-state index is 12.9. The molecule has 2 aliphatic rings. The fraction of sp³-hybridized carbons (Fsp3) is 0.600. The van der Waals surface area contributed by atoms with E-state index in [1.165, 1.54) is 4.90 Å². The predicted octanol–water partition coefficient (Wildman–Crippen LogP) is 2.59. The molecule has 2 aliphatic heterocycles. The zero-order valence-corrected chi connectivity index (χ0v) is 18.6. The Kier molecular flexibility index (Phi) is 4.98. The molecule has 0 spiro atoms. The van der Waals surface area contributed by atoms with Gasteiger partial charge in [0.1, 0.15) is 6.73 Å². The number of nitrogens with zero attached hydrogens (tertiary/aromatic N) is 4. The summed E-state index contributed by atoms with van der Waals surface area (Å²) in [6.45, 7) is 9.03. The number of fused-ring (bicyclic) bond motifs is 3. The van der Waals surface area contributed by atoms with E-state index in [1.54, 1.807) is 16.2 Å². The molecule has 1 N–H and O–H groups in total.